The summed E-state index contributed by atoms with van der Waals surface area (Å²) in [4.78, 5) is 0. The molecule has 94 valence electrons. The third kappa shape index (κ3) is 2.38. The summed E-state index contributed by atoms with van der Waals surface area (Å²) in [6.45, 7) is 4.65. The molecule has 17 heavy (non-hydrogen) atoms. The van der Waals surface area contributed by atoms with Gasteiger partial charge < -0.3 is 10.8 Å². The minimum atomic E-state index is -0.0299. The van der Waals surface area contributed by atoms with Crippen molar-refractivity contribution in [3.05, 3.63) is 35.4 Å². The zero-order chi connectivity index (χ0) is 12.5. The van der Waals surface area contributed by atoms with Gasteiger partial charge in [0.25, 0.3) is 0 Å². The van der Waals surface area contributed by atoms with Crippen LogP contribution in [-0.4, -0.2) is 11.7 Å². The summed E-state index contributed by atoms with van der Waals surface area (Å²) in [5, 5.41) is 9.39. The normalized spacial score (nSPS) is 20.9. The van der Waals surface area contributed by atoms with E-state index in [0.717, 1.165) is 24.8 Å². The Morgan fingerprint density at radius 2 is 1.76 bits per heavy atom. The molecular formula is C15H23NO. The smallest absolute Gasteiger partial charge is 0.0505 e. The number of hydrogen-bond acceptors (Lipinski definition) is 2. The van der Waals surface area contributed by atoms with Crippen LogP contribution >= 0.6 is 0 Å². The second kappa shape index (κ2) is 4.79. The van der Waals surface area contributed by atoms with Crippen molar-refractivity contribution in [2.24, 2.45) is 11.1 Å². The van der Waals surface area contributed by atoms with E-state index in [9.17, 15) is 5.11 Å². The van der Waals surface area contributed by atoms with Crippen LogP contribution in [0.4, 0.5) is 0 Å². The lowest BCUT2D eigenvalue weighted by Gasteiger charge is -2.22. The summed E-state index contributed by atoms with van der Waals surface area (Å²) in [5.41, 5.74) is 8.74. The molecular weight excluding hydrogens is 210 g/mol. The molecule has 0 bridgehead atoms. The third-order valence-electron chi connectivity index (χ3n) is 4.34. The fourth-order valence-electron chi connectivity index (χ4n) is 2.35. The second-order valence-corrected chi connectivity index (χ2v) is 5.47. The van der Waals surface area contributed by atoms with E-state index in [1.54, 1.807) is 0 Å². The van der Waals surface area contributed by atoms with Crippen LogP contribution in [0.15, 0.2) is 24.3 Å². The Kier molecular flexibility index (Phi) is 3.55. The maximum absolute atomic E-state index is 9.39. The Labute approximate surface area is 104 Å². The molecule has 0 radical (unpaired) electrons. The van der Waals surface area contributed by atoms with Crippen LogP contribution in [0.25, 0.3) is 0 Å². The highest BCUT2D eigenvalue weighted by molar-refractivity contribution is 5.29. The highest BCUT2D eigenvalue weighted by atomic mass is 16.3. The molecule has 0 heterocycles. The molecule has 1 aromatic carbocycles. The van der Waals surface area contributed by atoms with E-state index in [1.165, 1.54) is 5.56 Å². The highest BCUT2D eigenvalue weighted by Crippen LogP contribution is 2.53. The Morgan fingerprint density at radius 1 is 1.24 bits per heavy atom. The molecule has 2 nitrogen and oxygen atoms in total. The first-order valence-electron chi connectivity index (χ1n) is 6.59. The number of aliphatic hydroxyl groups is 1. The van der Waals surface area contributed by atoms with Gasteiger partial charge in [-0.2, -0.15) is 0 Å². The van der Waals surface area contributed by atoms with Crippen molar-refractivity contribution >= 4 is 0 Å². The molecule has 2 atom stereocenters. The predicted octanol–water partition coefficient (Wildman–Crippen LogP) is 2.97. The SMILES string of the molecule is CCC(C)c1ccc(C(N)C2(CO)CC2)cc1. The second-order valence-electron chi connectivity index (χ2n) is 5.47. The van der Waals surface area contributed by atoms with Crippen molar-refractivity contribution in [3.63, 3.8) is 0 Å². The third-order valence-corrected chi connectivity index (χ3v) is 4.34. The van der Waals surface area contributed by atoms with Crippen LogP contribution < -0.4 is 5.73 Å². The average molecular weight is 233 g/mol. The molecule has 1 aliphatic rings. The van der Waals surface area contributed by atoms with E-state index >= 15 is 0 Å². The van der Waals surface area contributed by atoms with Crippen molar-refractivity contribution < 1.29 is 5.11 Å². The largest absolute Gasteiger partial charge is 0.396 e. The van der Waals surface area contributed by atoms with Crippen LogP contribution in [0, 0.1) is 5.41 Å². The Bertz CT molecular complexity index is 367. The summed E-state index contributed by atoms with van der Waals surface area (Å²) in [6.07, 6.45) is 3.27. The molecule has 3 N–H and O–H groups in total. The quantitative estimate of drug-likeness (QED) is 0.821. The van der Waals surface area contributed by atoms with Crippen LogP contribution in [0.1, 0.15) is 56.2 Å². The Hall–Kier alpha value is -0.860. The summed E-state index contributed by atoms with van der Waals surface area (Å²) >= 11 is 0. The predicted molar refractivity (Wildman–Crippen MR) is 70.8 cm³/mol. The van der Waals surface area contributed by atoms with Gasteiger partial charge in [0.05, 0.1) is 6.61 Å². The lowest BCUT2D eigenvalue weighted by Crippen LogP contribution is -2.25. The van der Waals surface area contributed by atoms with Crippen molar-refractivity contribution in [3.8, 4) is 0 Å². The van der Waals surface area contributed by atoms with Crippen LogP contribution in [-0.2, 0) is 0 Å². The number of rotatable bonds is 5. The number of nitrogens with two attached hydrogens (primary N) is 1. The molecule has 2 unspecified atom stereocenters. The number of hydrogen-bond donors (Lipinski definition) is 2. The lowest BCUT2D eigenvalue weighted by molar-refractivity contribution is 0.188. The van der Waals surface area contributed by atoms with Gasteiger partial charge in [-0.3, -0.25) is 0 Å². The lowest BCUT2D eigenvalue weighted by atomic mass is 9.89. The summed E-state index contributed by atoms with van der Waals surface area (Å²) in [5.74, 6) is 0.605. The molecule has 0 spiro atoms. The summed E-state index contributed by atoms with van der Waals surface area (Å²) in [6, 6.07) is 8.59. The maximum Gasteiger partial charge on any atom is 0.0505 e. The number of benzene rings is 1. The molecule has 0 amide bonds. The van der Waals surface area contributed by atoms with Crippen LogP contribution in [0.3, 0.4) is 0 Å². The first-order chi connectivity index (χ1) is 8.13. The van der Waals surface area contributed by atoms with Gasteiger partial charge in [0.15, 0.2) is 0 Å². The monoisotopic (exact) mass is 233 g/mol. The van der Waals surface area contributed by atoms with Gasteiger partial charge in [-0.15, -0.1) is 0 Å². The van der Waals surface area contributed by atoms with Crippen LogP contribution in [0.5, 0.6) is 0 Å². The fourth-order valence-corrected chi connectivity index (χ4v) is 2.35. The van der Waals surface area contributed by atoms with Crippen molar-refractivity contribution in [2.75, 3.05) is 6.61 Å². The van der Waals surface area contributed by atoms with Gasteiger partial charge in [-0.1, -0.05) is 38.1 Å². The molecule has 0 aliphatic heterocycles. The minimum absolute atomic E-state index is 0.0153. The molecule has 1 fully saturated rings. The number of aliphatic hydroxyl groups excluding tert-OH is 1. The zero-order valence-electron chi connectivity index (χ0n) is 10.8. The average Bonchev–Trinajstić information content (AvgIpc) is 3.18. The highest BCUT2D eigenvalue weighted by Gasteiger charge is 2.47. The van der Waals surface area contributed by atoms with Gasteiger partial charge in [-0.05, 0) is 36.3 Å². The first kappa shape index (κ1) is 12.6. The van der Waals surface area contributed by atoms with Crippen molar-refractivity contribution in [1.82, 2.24) is 0 Å². The molecule has 1 aromatic rings. The minimum Gasteiger partial charge on any atom is -0.396 e. The van der Waals surface area contributed by atoms with Gasteiger partial charge in [0.1, 0.15) is 0 Å². The molecule has 2 heteroatoms. The van der Waals surface area contributed by atoms with Gasteiger partial charge in [0.2, 0.25) is 0 Å². The van der Waals surface area contributed by atoms with Gasteiger partial charge >= 0.3 is 0 Å². The topological polar surface area (TPSA) is 46.2 Å². The Morgan fingerprint density at radius 3 is 2.18 bits per heavy atom. The van der Waals surface area contributed by atoms with E-state index < -0.39 is 0 Å². The summed E-state index contributed by atoms with van der Waals surface area (Å²) < 4.78 is 0. The zero-order valence-corrected chi connectivity index (χ0v) is 10.8. The molecule has 0 saturated heterocycles. The van der Waals surface area contributed by atoms with E-state index in [0.29, 0.717) is 5.92 Å². The van der Waals surface area contributed by atoms with Crippen LogP contribution in [0.2, 0.25) is 0 Å². The molecule has 1 aliphatic carbocycles. The molecule has 1 saturated carbocycles. The van der Waals surface area contributed by atoms with E-state index in [-0.39, 0.29) is 18.1 Å². The van der Waals surface area contributed by atoms with Gasteiger partial charge in [-0.25, -0.2) is 0 Å². The Balaban J connectivity index is 2.13. The van der Waals surface area contributed by atoms with Gasteiger partial charge in [0, 0.05) is 11.5 Å². The summed E-state index contributed by atoms with van der Waals surface area (Å²) in [7, 11) is 0. The van der Waals surface area contributed by atoms with Crippen molar-refractivity contribution in [2.45, 2.75) is 45.1 Å². The van der Waals surface area contributed by atoms with E-state index in [4.69, 9.17) is 5.73 Å². The first-order valence-corrected chi connectivity index (χ1v) is 6.59. The molecule has 2 rings (SSSR count). The van der Waals surface area contributed by atoms with E-state index in [2.05, 4.69) is 38.1 Å². The fraction of sp³-hybridized carbons (Fsp3) is 0.600. The maximum atomic E-state index is 9.39. The van der Waals surface area contributed by atoms with Crippen molar-refractivity contribution in [1.29, 1.82) is 0 Å². The standard InChI is InChI=1S/C15H23NO/c1-3-11(2)12-4-6-13(7-5-12)14(16)15(10-17)8-9-15/h4-7,11,14,17H,3,8-10,16H2,1-2H3. The van der Waals surface area contributed by atoms with E-state index in [1.807, 2.05) is 0 Å². The molecule has 0 aromatic heterocycles.